The molecule has 166 valence electrons. The van der Waals surface area contributed by atoms with Crippen molar-refractivity contribution in [3.05, 3.63) is 23.9 Å². The molecule has 3 rings (SSSR count). The Morgan fingerprint density at radius 3 is 2.47 bits per heavy atom. The smallest absolute Gasteiger partial charge is 0.308 e. The van der Waals surface area contributed by atoms with Crippen molar-refractivity contribution in [2.24, 2.45) is 10.9 Å². The van der Waals surface area contributed by atoms with Gasteiger partial charge in [-0.25, -0.2) is 9.98 Å². The summed E-state index contributed by atoms with van der Waals surface area (Å²) < 4.78 is 4.89. The third-order valence-corrected chi connectivity index (χ3v) is 6.03. The van der Waals surface area contributed by atoms with Gasteiger partial charge in [0.1, 0.15) is 5.82 Å². The van der Waals surface area contributed by atoms with E-state index in [1.54, 1.807) is 0 Å². The topological polar surface area (TPSA) is 73.3 Å². The van der Waals surface area contributed by atoms with E-state index in [2.05, 4.69) is 51.0 Å². The van der Waals surface area contributed by atoms with Gasteiger partial charge in [-0.15, -0.1) is 0 Å². The van der Waals surface area contributed by atoms with Gasteiger partial charge in [0.15, 0.2) is 5.96 Å². The number of hydrogen-bond donors (Lipinski definition) is 1. The normalized spacial score (nSPS) is 19.1. The molecule has 0 aliphatic carbocycles. The highest BCUT2D eigenvalue weighted by molar-refractivity contribution is 5.80. The van der Waals surface area contributed by atoms with Crippen molar-refractivity contribution in [3.8, 4) is 0 Å². The Kier molecular flexibility index (Phi) is 8.30. The standard InChI is InChI=1S/C22H36N6O2/c1-4-23-22(28-10-8-19(9-11-28)21(29)30-3)25-17-18-6-7-20(24-16-18)27-14-12-26(5-2)13-15-27/h6-7,16,19H,4-5,8-15,17H2,1-3H3,(H,23,25). The van der Waals surface area contributed by atoms with Crippen molar-refractivity contribution < 1.29 is 9.53 Å². The summed E-state index contributed by atoms with van der Waals surface area (Å²) in [5, 5.41) is 3.38. The summed E-state index contributed by atoms with van der Waals surface area (Å²) in [6.07, 6.45) is 3.55. The Morgan fingerprint density at radius 1 is 1.17 bits per heavy atom. The van der Waals surface area contributed by atoms with Gasteiger partial charge >= 0.3 is 5.97 Å². The summed E-state index contributed by atoms with van der Waals surface area (Å²) in [5.41, 5.74) is 1.10. The van der Waals surface area contributed by atoms with Gasteiger partial charge in [-0.05, 0) is 37.9 Å². The number of guanidine groups is 1. The summed E-state index contributed by atoms with van der Waals surface area (Å²) >= 11 is 0. The molecule has 0 amide bonds. The van der Waals surface area contributed by atoms with Crippen LogP contribution in [0.3, 0.4) is 0 Å². The summed E-state index contributed by atoms with van der Waals surface area (Å²) in [6.45, 7) is 12.7. The fourth-order valence-electron chi connectivity index (χ4n) is 4.08. The van der Waals surface area contributed by atoms with Crippen LogP contribution in [0.25, 0.3) is 0 Å². The Bertz CT molecular complexity index is 692. The van der Waals surface area contributed by atoms with Gasteiger partial charge < -0.3 is 24.8 Å². The number of likely N-dealkylation sites (N-methyl/N-ethyl adjacent to an activating group) is 1. The molecule has 3 heterocycles. The Hall–Kier alpha value is -2.35. The summed E-state index contributed by atoms with van der Waals surface area (Å²) in [7, 11) is 1.46. The second kappa shape index (κ2) is 11.2. The van der Waals surface area contributed by atoms with Crippen LogP contribution in [-0.4, -0.2) is 86.2 Å². The molecule has 8 heteroatoms. The first-order valence-corrected chi connectivity index (χ1v) is 11.2. The van der Waals surface area contributed by atoms with E-state index in [0.717, 1.165) is 82.5 Å². The number of piperidine rings is 1. The van der Waals surface area contributed by atoms with Crippen molar-refractivity contribution in [3.63, 3.8) is 0 Å². The number of likely N-dealkylation sites (tertiary alicyclic amines) is 1. The molecule has 1 N–H and O–H groups in total. The molecule has 2 aliphatic rings. The lowest BCUT2D eigenvalue weighted by atomic mass is 9.97. The predicted molar refractivity (Wildman–Crippen MR) is 120 cm³/mol. The molecule has 0 spiro atoms. The molecule has 2 aliphatic heterocycles. The van der Waals surface area contributed by atoms with Gasteiger partial charge in [0.05, 0.1) is 19.6 Å². The van der Waals surface area contributed by atoms with Crippen LogP contribution < -0.4 is 10.2 Å². The van der Waals surface area contributed by atoms with Crippen LogP contribution >= 0.6 is 0 Å². The summed E-state index contributed by atoms with van der Waals surface area (Å²) in [5.74, 6) is 1.86. The predicted octanol–water partition coefficient (Wildman–Crippen LogP) is 1.57. The fraction of sp³-hybridized carbons (Fsp3) is 0.682. The highest BCUT2D eigenvalue weighted by atomic mass is 16.5. The number of hydrogen-bond acceptors (Lipinski definition) is 6. The monoisotopic (exact) mass is 416 g/mol. The van der Waals surface area contributed by atoms with Crippen molar-refractivity contribution >= 4 is 17.7 Å². The number of nitrogens with one attached hydrogen (secondary N) is 1. The van der Waals surface area contributed by atoms with E-state index in [-0.39, 0.29) is 11.9 Å². The van der Waals surface area contributed by atoms with E-state index >= 15 is 0 Å². The maximum absolute atomic E-state index is 11.8. The second-order valence-corrected chi connectivity index (χ2v) is 7.90. The Morgan fingerprint density at radius 2 is 1.90 bits per heavy atom. The van der Waals surface area contributed by atoms with Crippen LogP contribution in [0.5, 0.6) is 0 Å². The van der Waals surface area contributed by atoms with E-state index in [1.807, 2.05) is 6.20 Å². The molecular weight excluding hydrogens is 380 g/mol. The van der Waals surface area contributed by atoms with E-state index in [1.165, 1.54) is 7.11 Å². The van der Waals surface area contributed by atoms with Gasteiger partial charge in [0.2, 0.25) is 0 Å². The molecule has 0 unspecified atom stereocenters. The number of rotatable bonds is 6. The highest BCUT2D eigenvalue weighted by Crippen LogP contribution is 2.19. The van der Waals surface area contributed by atoms with E-state index in [0.29, 0.717) is 6.54 Å². The highest BCUT2D eigenvalue weighted by Gasteiger charge is 2.27. The summed E-state index contributed by atoms with van der Waals surface area (Å²) in [6, 6.07) is 4.24. The number of aromatic nitrogens is 1. The fourth-order valence-corrected chi connectivity index (χ4v) is 4.08. The van der Waals surface area contributed by atoms with Crippen LogP contribution in [0.1, 0.15) is 32.3 Å². The van der Waals surface area contributed by atoms with Gasteiger partial charge in [-0.2, -0.15) is 0 Å². The van der Waals surface area contributed by atoms with Crippen molar-refractivity contribution in [1.29, 1.82) is 0 Å². The number of nitrogens with zero attached hydrogens (tertiary/aromatic N) is 5. The molecule has 0 radical (unpaired) electrons. The molecule has 0 bridgehead atoms. The zero-order valence-corrected chi connectivity index (χ0v) is 18.6. The third kappa shape index (κ3) is 5.84. The minimum absolute atomic E-state index is 0.00469. The average molecular weight is 417 g/mol. The minimum Gasteiger partial charge on any atom is -0.469 e. The number of esters is 1. The maximum Gasteiger partial charge on any atom is 0.308 e. The third-order valence-electron chi connectivity index (χ3n) is 6.03. The maximum atomic E-state index is 11.8. The van der Waals surface area contributed by atoms with E-state index in [9.17, 15) is 4.79 Å². The number of carbonyl (C=O) groups is 1. The SMILES string of the molecule is CCNC(=NCc1ccc(N2CCN(CC)CC2)nc1)N1CCC(C(=O)OC)CC1. The van der Waals surface area contributed by atoms with Crippen molar-refractivity contribution in [1.82, 2.24) is 20.1 Å². The van der Waals surface area contributed by atoms with Crippen LogP contribution in [0, 0.1) is 5.92 Å². The number of carbonyl (C=O) groups excluding carboxylic acids is 1. The molecule has 30 heavy (non-hydrogen) atoms. The first-order valence-electron chi connectivity index (χ1n) is 11.2. The van der Waals surface area contributed by atoms with E-state index < -0.39 is 0 Å². The molecular formula is C22H36N6O2. The first kappa shape index (κ1) is 22.3. The number of anilines is 1. The zero-order valence-electron chi connectivity index (χ0n) is 18.6. The summed E-state index contributed by atoms with van der Waals surface area (Å²) in [4.78, 5) is 28.3. The lowest BCUT2D eigenvalue weighted by Gasteiger charge is -2.34. The van der Waals surface area contributed by atoms with Crippen molar-refractivity contribution in [2.45, 2.75) is 33.2 Å². The molecule has 8 nitrogen and oxygen atoms in total. The van der Waals surface area contributed by atoms with Gasteiger partial charge in [0, 0.05) is 52.0 Å². The van der Waals surface area contributed by atoms with Crippen molar-refractivity contribution in [2.75, 3.05) is 64.4 Å². The van der Waals surface area contributed by atoms with Crippen LogP contribution in [-0.2, 0) is 16.1 Å². The molecule has 1 aromatic heterocycles. The molecule has 0 atom stereocenters. The Balaban J connectivity index is 1.55. The lowest BCUT2D eigenvalue weighted by molar-refractivity contribution is -0.146. The number of pyridine rings is 1. The largest absolute Gasteiger partial charge is 0.469 e. The van der Waals surface area contributed by atoms with Gasteiger partial charge in [0.25, 0.3) is 0 Å². The number of piperazine rings is 1. The minimum atomic E-state index is -0.0983. The molecule has 2 saturated heterocycles. The number of aliphatic imine (C=N–C) groups is 1. The lowest BCUT2D eigenvalue weighted by Crippen LogP contribution is -2.46. The quantitative estimate of drug-likeness (QED) is 0.429. The van der Waals surface area contributed by atoms with E-state index in [4.69, 9.17) is 9.73 Å². The Labute approximate surface area is 180 Å². The zero-order chi connectivity index (χ0) is 21.3. The average Bonchev–Trinajstić information content (AvgIpc) is 2.82. The molecule has 1 aromatic rings. The van der Waals surface area contributed by atoms with Crippen LogP contribution in [0.2, 0.25) is 0 Å². The number of methoxy groups -OCH3 is 1. The molecule has 0 aromatic carbocycles. The van der Waals surface area contributed by atoms with Crippen LogP contribution in [0.4, 0.5) is 5.82 Å². The van der Waals surface area contributed by atoms with Gasteiger partial charge in [-0.1, -0.05) is 13.0 Å². The first-order chi connectivity index (χ1) is 14.6. The van der Waals surface area contributed by atoms with Crippen LogP contribution in [0.15, 0.2) is 23.3 Å². The van der Waals surface area contributed by atoms with Gasteiger partial charge in [-0.3, -0.25) is 4.79 Å². The number of ether oxygens (including phenoxy) is 1. The molecule has 0 saturated carbocycles. The molecule has 2 fully saturated rings. The second-order valence-electron chi connectivity index (χ2n) is 7.90.